The molecule has 0 amide bonds. The standard InChI is InChI=1S/C10H15N3O6/c1-18-10(4-14)7(16)6(15)8(19-10)13-3-2-5(11)12-9(13)17/h2-3,6-8,14-16H,4H2,1H3,(H2,11,12,17)/t6-,7+,8-,10-/m1/s1. The van der Waals surface area contributed by atoms with Crippen LogP contribution in [0.15, 0.2) is 17.1 Å². The highest BCUT2D eigenvalue weighted by molar-refractivity contribution is 5.23. The van der Waals surface area contributed by atoms with Gasteiger partial charge in [-0.1, -0.05) is 0 Å². The number of rotatable bonds is 3. The smallest absolute Gasteiger partial charge is 0.351 e. The van der Waals surface area contributed by atoms with E-state index in [0.29, 0.717) is 0 Å². The second kappa shape index (κ2) is 4.87. The maximum Gasteiger partial charge on any atom is 0.351 e. The van der Waals surface area contributed by atoms with Crippen molar-refractivity contribution >= 4 is 5.82 Å². The lowest BCUT2D eigenvalue weighted by Gasteiger charge is -2.27. The third-order valence-corrected chi connectivity index (χ3v) is 3.08. The van der Waals surface area contributed by atoms with Crippen molar-refractivity contribution in [3.8, 4) is 0 Å². The maximum atomic E-state index is 11.7. The highest BCUT2D eigenvalue weighted by Gasteiger charge is 2.55. The Labute approximate surface area is 107 Å². The Morgan fingerprint density at radius 1 is 1.63 bits per heavy atom. The van der Waals surface area contributed by atoms with Crippen LogP contribution in [0, 0.1) is 0 Å². The molecule has 106 valence electrons. The molecule has 0 spiro atoms. The van der Waals surface area contributed by atoms with Crippen LogP contribution in [-0.2, 0) is 9.47 Å². The average molecular weight is 273 g/mol. The summed E-state index contributed by atoms with van der Waals surface area (Å²) in [5.74, 6) is -1.76. The number of ether oxygens (including phenoxy) is 2. The zero-order chi connectivity index (χ0) is 14.2. The van der Waals surface area contributed by atoms with Gasteiger partial charge >= 0.3 is 5.69 Å². The minimum absolute atomic E-state index is 0.0226. The van der Waals surface area contributed by atoms with Gasteiger partial charge in [-0.2, -0.15) is 4.98 Å². The monoisotopic (exact) mass is 273 g/mol. The first-order chi connectivity index (χ1) is 8.95. The van der Waals surface area contributed by atoms with Crippen LogP contribution in [0.25, 0.3) is 0 Å². The Bertz CT molecular complexity index is 514. The number of nitrogens with zero attached hydrogens (tertiary/aromatic N) is 2. The van der Waals surface area contributed by atoms with Crippen molar-refractivity contribution in [3.05, 3.63) is 22.7 Å². The van der Waals surface area contributed by atoms with Crippen molar-refractivity contribution in [2.45, 2.75) is 24.2 Å². The van der Waals surface area contributed by atoms with E-state index in [1.807, 2.05) is 0 Å². The van der Waals surface area contributed by atoms with Crippen molar-refractivity contribution in [2.24, 2.45) is 0 Å². The van der Waals surface area contributed by atoms with Gasteiger partial charge in [-0.25, -0.2) is 4.79 Å². The van der Waals surface area contributed by atoms with E-state index < -0.39 is 36.5 Å². The number of aliphatic hydroxyl groups excluding tert-OH is 3. The van der Waals surface area contributed by atoms with Crippen LogP contribution >= 0.6 is 0 Å². The second-order valence-corrected chi connectivity index (χ2v) is 4.16. The zero-order valence-corrected chi connectivity index (χ0v) is 10.1. The molecule has 9 heteroatoms. The number of aromatic nitrogens is 2. The summed E-state index contributed by atoms with van der Waals surface area (Å²) in [5.41, 5.74) is 4.60. The van der Waals surface area contributed by atoms with Crippen molar-refractivity contribution < 1.29 is 24.8 Å². The quantitative estimate of drug-likeness (QED) is 0.470. The third-order valence-electron chi connectivity index (χ3n) is 3.08. The molecule has 5 N–H and O–H groups in total. The summed E-state index contributed by atoms with van der Waals surface area (Å²) in [5, 5.41) is 29.0. The average Bonchev–Trinajstić information content (AvgIpc) is 2.64. The number of aliphatic hydroxyl groups is 3. The summed E-state index contributed by atoms with van der Waals surface area (Å²) in [6.45, 7) is -0.685. The van der Waals surface area contributed by atoms with Gasteiger partial charge in [0, 0.05) is 13.3 Å². The molecule has 0 saturated carbocycles. The van der Waals surface area contributed by atoms with Gasteiger partial charge in [-0.15, -0.1) is 0 Å². The third kappa shape index (κ3) is 2.11. The summed E-state index contributed by atoms with van der Waals surface area (Å²) in [7, 11) is 1.21. The molecular weight excluding hydrogens is 258 g/mol. The Kier molecular flexibility index (Phi) is 3.56. The van der Waals surface area contributed by atoms with Crippen LogP contribution in [0.1, 0.15) is 6.23 Å². The first kappa shape index (κ1) is 13.9. The normalized spacial score (nSPS) is 34.6. The molecule has 2 heterocycles. The summed E-state index contributed by atoms with van der Waals surface area (Å²) in [4.78, 5) is 15.1. The zero-order valence-electron chi connectivity index (χ0n) is 10.1. The lowest BCUT2D eigenvalue weighted by atomic mass is 10.1. The number of methoxy groups -OCH3 is 1. The Morgan fingerprint density at radius 2 is 2.32 bits per heavy atom. The van der Waals surface area contributed by atoms with E-state index in [-0.39, 0.29) is 5.82 Å². The van der Waals surface area contributed by atoms with Crippen LogP contribution in [0.4, 0.5) is 5.82 Å². The lowest BCUT2D eigenvalue weighted by Crippen LogP contribution is -2.47. The molecule has 9 nitrogen and oxygen atoms in total. The fourth-order valence-electron chi connectivity index (χ4n) is 1.97. The molecule has 0 bridgehead atoms. The summed E-state index contributed by atoms with van der Waals surface area (Å²) in [6, 6.07) is 1.34. The molecule has 4 atom stereocenters. The van der Waals surface area contributed by atoms with Crippen LogP contribution < -0.4 is 11.4 Å². The first-order valence-electron chi connectivity index (χ1n) is 5.50. The van der Waals surface area contributed by atoms with E-state index in [2.05, 4.69) is 4.98 Å². The van der Waals surface area contributed by atoms with Gasteiger partial charge in [0.2, 0.25) is 5.79 Å². The van der Waals surface area contributed by atoms with Crippen molar-refractivity contribution in [1.82, 2.24) is 9.55 Å². The molecule has 1 aliphatic heterocycles. The van der Waals surface area contributed by atoms with Crippen molar-refractivity contribution in [2.75, 3.05) is 19.5 Å². The van der Waals surface area contributed by atoms with Crippen LogP contribution in [0.3, 0.4) is 0 Å². The predicted molar refractivity (Wildman–Crippen MR) is 61.9 cm³/mol. The van der Waals surface area contributed by atoms with Gasteiger partial charge in [0.05, 0.1) is 0 Å². The number of anilines is 1. The summed E-state index contributed by atoms with van der Waals surface area (Å²) in [6.07, 6.45) is -2.94. The molecule has 0 aliphatic carbocycles. The van der Waals surface area contributed by atoms with Crippen molar-refractivity contribution in [3.63, 3.8) is 0 Å². The maximum absolute atomic E-state index is 11.7. The summed E-state index contributed by atoms with van der Waals surface area (Å²) < 4.78 is 11.2. The van der Waals surface area contributed by atoms with E-state index in [1.165, 1.54) is 19.4 Å². The van der Waals surface area contributed by atoms with Crippen LogP contribution in [-0.4, -0.2) is 56.6 Å². The molecule has 1 aromatic heterocycles. The van der Waals surface area contributed by atoms with E-state index in [4.69, 9.17) is 15.2 Å². The second-order valence-electron chi connectivity index (χ2n) is 4.16. The molecule has 1 aliphatic rings. The van der Waals surface area contributed by atoms with E-state index in [1.54, 1.807) is 0 Å². The van der Waals surface area contributed by atoms with E-state index >= 15 is 0 Å². The fourth-order valence-corrected chi connectivity index (χ4v) is 1.97. The molecule has 0 unspecified atom stereocenters. The Balaban J connectivity index is 2.39. The van der Waals surface area contributed by atoms with Gasteiger partial charge < -0.3 is 30.5 Å². The molecule has 19 heavy (non-hydrogen) atoms. The van der Waals surface area contributed by atoms with Crippen LogP contribution in [0.2, 0.25) is 0 Å². The minimum Gasteiger partial charge on any atom is -0.391 e. The molecular formula is C10H15N3O6. The molecule has 0 aromatic carbocycles. The number of hydrogen-bond donors (Lipinski definition) is 4. The van der Waals surface area contributed by atoms with Crippen molar-refractivity contribution in [1.29, 1.82) is 0 Å². The Hall–Kier alpha value is -1.52. The molecule has 2 rings (SSSR count). The SMILES string of the molecule is CO[C@]1(CO)O[C@@H](n2ccc(N)nc2=O)[C@H](O)[C@@H]1O. The molecule has 1 aromatic rings. The number of nitrogen functional groups attached to an aromatic ring is 1. The summed E-state index contributed by atoms with van der Waals surface area (Å²) >= 11 is 0. The van der Waals surface area contributed by atoms with Gasteiger partial charge in [-0.3, -0.25) is 4.57 Å². The van der Waals surface area contributed by atoms with Gasteiger partial charge in [0.1, 0.15) is 24.6 Å². The number of hydrogen-bond acceptors (Lipinski definition) is 8. The van der Waals surface area contributed by atoms with Gasteiger partial charge in [0.15, 0.2) is 6.23 Å². The molecule has 1 fully saturated rings. The Morgan fingerprint density at radius 3 is 2.79 bits per heavy atom. The predicted octanol–water partition coefficient (Wildman–Crippen LogP) is -2.59. The van der Waals surface area contributed by atoms with E-state index in [0.717, 1.165) is 4.57 Å². The first-order valence-corrected chi connectivity index (χ1v) is 5.50. The fraction of sp³-hybridized carbons (Fsp3) is 0.600. The van der Waals surface area contributed by atoms with Gasteiger partial charge in [-0.05, 0) is 6.07 Å². The van der Waals surface area contributed by atoms with Crippen LogP contribution in [0.5, 0.6) is 0 Å². The largest absolute Gasteiger partial charge is 0.391 e. The topological polar surface area (TPSA) is 140 Å². The van der Waals surface area contributed by atoms with Gasteiger partial charge in [0.25, 0.3) is 0 Å². The highest BCUT2D eigenvalue weighted by Crippen LogP contribution is 2.36. The highest BCUT2D eigenvalue weighted by atomic mass is 16.7. The minimum atomic E-state index is -1.79. The van der Waals surface area contributed by atoms with E-state index in [9.17, 15) is 20.1 Å². The lowest BCUT2D eigenvalue weighted by molar-refractivity contribution is -0.269. The molecule has 0 radical (unpaired) electrons. The number of nitrogens with two attached hydrogens (primary N) is 1. The molecule has 1 saturated heterocycles.